The predicted molar refractivity (Wildman–Crippen MR) is 90.9 cm³/mol. The van der Waals surface area contributed by atoms with Crippen molar-refractivity contribution < 1.29 is 14.3 Å². The molecule has 1 heterocycles. The van der Waals surface area contributed by atoms with Crippen LogP contribution in [0.3, 0.4) is 0 Å². The lowest BCUT2D eigenvalue weighted by atomic mass is 9.86. The van der Waals surface area contributed by atoms with Gasteiger partial charge in [0.25, 0.3) is 0 Å². The van der Waals surface area contributed by atoms with E-state index < -0.39 is 17.8 Å². The molecular weight excluding hydrogens is 312 g/mol. The Kier molecular flexibility index (Phi) is 7.39. The lowest BCUT2D eigenvalue weighted by Gasteiger charge is -2.21. The Morgan fingerprint density at radius 3 is 2.74 bits per heavy atom. The van der Waals surface area contributed by atoms with E-state index in [0.717, 1.165) is 18.8 Å². The molecule has 0 saturated heterocycles. The van der Waals surface area contributed by atoms with Gasteiger partial charge in [-0.15, -0.1) is 0 Å². The minimum atomic E-state index is -1.07. The first-order chi connectivity index (χ1) is 11.2. The molecule has 1 aliphatic carbocycles. The number of hydrogen-bond donors (Lipinski definition) is 2. The standard InChI is InChI=1S/C17H24N2O3S/c20-16(19-23)15(14-10-4-5-11-18-14)17(21)22-12-6-9-13-7-2-1-3-8-13/h4-5,10-11,13,15,23H,1-3,6-9,12H2,(H,19,20). The molecule has 1 saturated carbocycles. The molecule has 0 spiro atoms. The first kappa shape index (κ1) is 17.8. The largest absolute Gasteiger partial charge is 0.465 e. The summed E-state index contributed by atoms with van der Waals surface area (Å²) in [5, 5.41) is 0. The lowest BCUT2D eigenvalue weighted by Crippen LogP contribution is -2.31. The first-order valence-corrected chi connectivity index (χ1v) is 8.68. The summed E-state index contributed by atoms with van der Waals surface area (Å²) in [6.45, 7) is 0.346. The molecule has 1 atom stereocenters. The van der Waals surface area contributed by atoms with E-state index in [2.05, 4.69) is 22.5 Å². The third kappa shape index (κ3) is 5.53. The molecule has 0 aromatic carbocycles. The average Bonchev–Trinajstić information content (AvgIpc) is 2.60. The van der Waals surface area contributed by atoms with Crippen molar-refractivity contribution in [2.45, 2.75) is 50.9 Å². The van der Waals surface area contributed by atoms with Crippen LogP contribution in [0.4, 0.5) is 0 Å². The van der Waals surface area contributed by atoms with Gasteiger partial charge >= 0.3 is 5.97 Å². The zero-order valence-corrected chi connectivity index (χ0v) is 14.1. The van der Waals surface area contributed by atoms with Crippen LogP contribution >= 0.6 is 12.8 Å². The van der Waals surface area contributed by atoms with Crippen molar-refractivity contribution in [2.75, 3.05) is 6.61 Å². The second kappa shape index (κ2) is 9.55. The van der Waals surface area contributed by atoms with Gasteiger partial charge in [0.1, 0.15) is 0 Å². The van der Waals surface area contributed by atoms with E-state index in [1.165, 1.54) is 32.1 Å². The molecule has 1 fully saturated rings. The summed E-state index contributed by atoms with van der Waals surface area (Å²) in [7, 11) is 0. The number of aromatic nitrogens is 1. The van der Waals surface area contributed by atoms with Gasteiger partial charge in [-0.1, -0.05) is 51.0 Å². The molecule has 0 bridgehead atoms. The van der Waals surface area contributed by atoms with Gasteiger partial charge in [-0.05, 0) is 30.9 Å². The Morgan fingerprint density at radius 1 is 1.30 bits per heavy atom. The fraction of sp³-hybridized carbons (Fsp3) is 0.588. The van der Waals surface area contributed by atoms with Crippen molar-refractivity contribution in [3.8, 4) is 0 Å². The summed E-state index contributed by atoms with van der Waals surface area (Å²) in [6.07, 6.45) is 10.0. The predicted octanol–water partition coefficient (Wildman–Crippen LogP) is 3.03. The van der Waals surface area contributed by atoms with E-state index in [1.54, 1.807) is 24.4 Å². The number of nitrogens with zero attached hydrogens (tertiary/aromatic N) is 1. The van der Waals surface area contributed by atoms with E-state index in [9.17, 15) is 9.59 Å². The van der Waals surface area contributed by atoms with Gasteiger partial charge < -0.3 is 9.46 Å². The van der Waals surface area contributed by atoms with Crippen molar-refractivity contribution in [3.63, 3.8) is 0 Å². The van der Waals surface area contributed by atoms with Gasteiger partial charge in [-0.2, -0.15) is 0 Å². The van der Waals surface area contributed by atoms with Crippen molar-refractivity contribution in [1.82, 2.24) is 9.71 Å². The van der Waals surface area contributed by atoms with Crippen LogP contribution in [0.5, 0.6) is 0 Å². The summed E-state index contributed by atoms with van der Waals surface area (Å²) in [4.78, 5) is 28.2. The van der Waals surface area contributed by atoms with Gasteiger partial charge in [0.2, 0.25) is 5.91 Å². The van der Waals surface area contributed by atoms with Crippen LogP contribution in [-0.2, 0) is 14.3 Å². The normalized spacial score (nSPS) is 16.6. The van der Waals surface area contributed by atoms with Gasteiger partial charge in [0.05, 0.1) is 12.3 Å². The van der Waals surface area contributed by atoms with Gasteiger partial charge in [-0.3, -0.25) is 14.6 Å². The third-order valence-electron chi connectivity index (χ3n) is 4.32. The summed E-state index contributed by atoms with van der Waals surface area (Å²) in [6, 6.07) is 5.10. The fourth-order valence-corrected chi connectivity index (χ4v) is 3.21. The average molecular weight is 336 g/mol. The number of hydrogen-bond acceptors (Lipinski definition) is 5. The van der Waals surface area contributed by atoms with Crippen LogP contribution in [0.1, 0.15) is 56.6 Å². The maximum absolute atomic E-state index is 12.2. The quantitative estimate of drug-likeness (QED) is 0.348. The van der Waals surface area contributed by atoms with Gasteiger partial charge in [0, 0.05) is 6.20 Å². The maximum atomic E-state index is 12.2. The Bertz CT molecular complexity index is 504. The van der Waals surface area contributed by atoms with Crippen molar-refractivity contribution in [2.24, 2.45) is 5.92 Å². The van der Waals surface area contributed by atoms with Crippen molar-refractivity contribution >= 4 is 24.7 Å². The molecule has 1 unspecified atom stereocenters. The lowest BCUT2D eigenvalue weighted by molar-refractivity contribution is -0.148. The molecule has 6 heteroatoms. The van der Waals surface area contributed by atoms with E-state index in [0.29, 0.717) is 12.3 Å². The Balaban J connectivity index is 1.82. The number of thiol groups is 1. The van der Waals surface area contributed by atoms with Crippen LogP contribution < -0.4 is 4.72 Å². The van der Waals surface area contributed by atoms with E-state index >= 15 is 0 Å². The molecular formula is C17H24N2O3S. The Morgan fingerprint density at radius 2 is 2.09 bits per heavy atom. The molecule has 5 nitrogen and oxygen atoms in total. The zero-order valence-electron chi connectivity index (χ0n) is 13.2. The highest BCUT2D eigenvalue weighted by atomic mass is 32.1. The molecule has 1 aromatic rings. The maximum Gasteiger partial charge on any atom is 0.324 e. The second-order valence-corrected chi connectivity index (χ2v) is 6.20. The van der Waals surface area contributed by atoms with Crippen LogP contribution in [0.2, 0.25) is 0 Å². The van der Waals surface area contributed by atoms with Gasteiger partial charge in [-0.25, -0.2) is 0 Å². The first-order valence-electron chi connectivity index (χ1n) is 8.24. The highest BCUT2D eigenvalue weighted by Crippen LogP contribution is 2.27. The number of nitrogens with one attached hydrogen (secondary N) is 1. The highest BCUT2D eigenvalue weighted by molar-refractivity contribution is 7.78. The third-order valence-corrected chi connectivity index (χ3v) is 4.54. The van der Waals surface area contributed by atoms with E-state index in [4.69, 9.17) is 4.74 Å². The number of amides is 1. The molecule has 1 aromatic heterocycles. The molecule has 1 aliphatic rings. The molecule has 126 valence electrons. The molecule has 0 aliphatic heterocycles. The number of carbonyl (C=O) groups excluding carboxylic acids is 2. The van der Waals surface area contributed by atoms with Crippen LogP contribution in [0, 0.1) is 5.92 Å². The molecule has 23 heavy (non-hydrogen) atoms. The summed E-state index contributed by atoms with van der Waals surface area (Å²) < 4.78 is 7.50. The number of ether oxygens (including phenoxy) is 1. The number of carbonyl (C=O) groups is 2. The summed E-state index contributed by atoms with van der Waals surface area (Å²) in [5.41, 5.74) is 0.372. The topological polar surface area (TPSA) is 68.3 Å². The second-order valence-electron chi connectivity index (χ2n) is 5.98. The van der Waals surface area contributed by atoms with Crippen LogP contribution in [-0.4, -0.2) is 23.5 Å². The van der Waals surface area contributed by atoms with E-state index in [1.807, 2.05) is 0 Å². The van der Waals surface area contributed by atoms with Crippen molar-refractivity contribution in [1.29, 1.82) is 0 Å². The van der Waals surface area contributed by atoms with Crippen LogP contribution in [0.25, 0.3) is 0 Å². The van der Waals surface area contributed by atoms with Gasteiger partial charge in [0.15, 0.2) is 5.92 Å². The minimum Gasteiger partial charge on any atom is -0.465 e. The molecule has 1 amide bonds. The number of pyridine rings is 1. The molecule has 2 rings (SSSR count). The molecule has 0 radical (unpaired) electrons. The Hall–Kier alpha value is -1.56. The van der Waals surface area contributed by atoms with Crippen LogP contribution in [0.15, 0.2) is 24.4 Å². The smallest absolute Gasteiger partial charge is 0.324 e. The zero-order chi connectivity index (χ0) is 16.5. The Labute approximate surface area is 142 Å². The highest BCUT2D eigenvalue weighted by Gasteiger charge is 2.30. The van der Waals surface area contributed by atoms with E-state index in [-0.39, 0.29) is 0 Å². The SMILES string of the molecule is O=C(NS)C(C(=O)OCCCC1CCCCC1)c1ccccn1. The van der Waals surface area contributed by atoms with Crippen molar-refractivity contribution in [3.05, 3.63) is 30.1 Å². The monoisotopic (exact) mass is 336 g/mol. The minimum absolute atomic E-state index is 0.346. The number of esters is 1. The molecule has 1 N–H and O–H groups in total. The summed E-state index contributed by atoms with van der Waals surface area (Å²) in [5.74, 6) is -1.40. The number of rotatable bonds is 7. The fourth-order valence-electron chi connectivity index (χ4n) is 3.08. The summed E-state index contributed by atoms with van der Waals surface area (Å²) >= 11 is 3.74.